The molecule has 7 nitrogen and oxygen atoms in total. The minimum atomic E-state index is -0.789. The summed E-state index contributed by atoms with van der Waals surface area (Å²) in [7, 11) is 1.29. The van der Waals surface area contributed by atoms with Crippen LogP contribution >= 0.6 is 11.6 Å². The van der Waals surface area contributed by atoms with Crippen LogP contribution in [0, 0.1) is 0 Å². The summed E-state index contributed by atoms with van der Waals surface area (Å²) >= 11 is 6.18. The van der Waals surface area contributed by atoms with Gasteiger partial charge in [0.2, 0.25) is 5.78 Å². The molecular weight excluding hydrogens is 400 g/mol. The predicted molar refractivity (Wildman–Crippen MR) is 103 cm³/mol. The van der Waals surface area contributed by atoms with Gasteiger partial charge >= 0.3 is 5.97 Å². The molecule has 0 spiro atoms. The van der Waals surface area contributed by atoms with E-state index in [1.54, 1.807) is 43.3 Å². The van der Waals surface area contributed by atoms with Gasteiger partial charge in [-0.1, -0.05) is 11.6 Å². The van der Waals surface area contributed by atoms with E-state index >= 15 is 0 Å². The van der Waals surface area contributed by atoms with Crippen molar-refractivity contribution in [3.63, 3.8) is 0 Å². The van der Waals surface area contributed by atoms with E-state index < -0.39 is 12.1 Å². The number of methoxy groups -OCH3 is 1. The molecule has 150 valence electrons. The summed E-state index contributed by atoms with van der Waals surface area (Å²) in [5.41, 5.74) is 1.82. The highest BCUT2D eigenvalue weighted by atomic mass is 35.5. The van der Waals surface area contributed by atoms with Crippen molar-refractivity contribution in [1.29, 1.82) is 0 Å². The molecule has 0 fully saturated rings. The molecule has 4 rings (SSSR count). The summed E-state index contributed by atoms with van der Waals surface area (Å²) < 4.78 is 26.8. The highest BCUT2D eigenvalue weighted by Crippen LogP contribution is 2.38. The van der Waals surface area contributed by atoms with Crippen molar-refractivity contribution in [2.24, 2.45) is 0 Å². The second-order valence-electron chi connectivity index (χ2n) is 6.47. The number of carbonyl (C=O) groups is 2. The summed E-state index contributed by atoms with van der Waals surface area (Å²) in [5.74, 6) is 0.701. The molecule has 2 aliphatic rings. The monoisotopic (exact) mass is 416 g/mol. The number of esters is 1. The summed E-state index contributed by atoms with van der Waals surface area (Å²) in [6.45, 7) is 2.07. The molecule has 0 aromatic heterocycles. The van der Waals surface area contributed by atoms with Gasteiger partial charge in [-0.15, -0.1) is 0 Å². The minimum absolute atomic E-state index is 0.124. The topological polar surface area (TPSA) is 80.3 Å². The maximum Gasteiger partial charge on any atom is 0.346 e. The van der Waals surface area contributed by atoms with E-state index in [1.165, 1.54) is 7.11 Å². The van der Waals surface area contributed by atoms with Crippen molar-refractivity contribution in [3.8, 4) is 17.2 Å². The maximum absolute atomic E-state index is 12.7. The normalized spacial score (nSPS) is 17.1. The van der Waals surface area contributed by atoms with Crippen LogP contribution in [0.4, 0.5) is 0 Å². The number of ketones is 1. The zero-order chi connectivity index (χ0) is 20.5. The Bertz CT molecular complexity index is 1030. The van der Waals surface area contributed by atoms with Gasteiger partial charge in [0.15, 0.2) is 18.7 Å². The van der Waals surface area contributed by atoms with Crippen molar-refractivity contribution >= 4 is 29.4 Å². The predicted octanol–water partition coefficient (Wildman–Crippen LogP) is 3.76. The zero-order valence-electron chi connectivity index (χ0n) is 15.7. The Labute approximate surface area is 171 Å². The lowest BCUT2D eigenvalue weighted by Gasteiger charge is -2.20. The van der Waals surface area contributed by atoms with E-state index in [2.05, 4.69) is 4.74 Å². The van der Waals surface area contributed by atoms with Crippen LogP contribution in [0.1, 0.15) is 28.4 Å². The maximum atomic E-state index is 12.7. The van der Waals surface area contributed by atoms with Crippen LogP contribution in [0.15, 0.2) is 36.1 Å². The van der Waals surface area contributed by atoms with Gasteiger partial charge in [-0.05, 0) is 37.3 Å². The second kappa shape index (κ2) is 7.77. The molecule has 0 bridgehead atoms. The Hall–Kier alpha value is -3.03. The average molecular weight is 417 g/mol. The van der Waals surface area contributed by atoms with Crippen LogP contribution in [0.25, 0.3) is 6.08 Å². The first-order valence-electron chi connectivity index (χ1n) is 8.82. The lowest BCUT2D eigenvalue weighted by molar-refractivity contribution is -0.147. The van der Waals surface area contributed by atoms with Gasteiger partial charge in [-0.3, -0.25) is 4.79 Å². The molecule has 2 aromatic rings. The second-order valence-corrected chi connectivity index (χ2v) is 6.91. The molecule has 0 saturated carbocycles. The van der Waals surface area contributed by atoms with Gasteiger partial charge < -0.3 is 23.7 Å². The molecule has 29 heavy (non-hydrogen) atoms. The third-order valence-electron chi connectivity index (χ3n) is 4.48. The average Bonchev–Trinajstić information content (AvgIpc) is 3.02. The number of hydrogen-bond acceptors (Lipinski definition) is 7. The highest BCUT2D eigenvalue weighted by Gasteiger charge is 2.29. The molecule has 0 radical (unpaired) electrons. The fourth-order valence-electron chi connectivity index (χ4n) is 3.12. The van der Waals surface area contributed by atoms with E-state index in [0.717, 1.165) is 5.56 Å². The molecule has 8 heteroatoms. The third kappa shape index (κ3) is 3.79. The summed E-state index contributed by atoms with van der Waals surface area (Å²) in [6.07, 6.45) is 0.804. The Kier molecular flexibility index (Phi) is 5.17. The Balaban J connectivity index is 1.62. The van der Waals surface area contributed by atoms with Crippen LogP contribution < -0.4 is 14.2 Å². The first-order valence-corrected chi connectivity index (χ1v) is 9.20. The molecule has 0 saturated heterocycles. The molecule has 0 unspecified atom stereocenters. The van der Waals surface area contributed by atoms with Gasteiger partial charge in [-0.25, -0.2) is 4.79 Å². The van der Waals surface area contributed by atoms with Gasteiger partial charge in [0, 0.05) is 22.2 Å². The first-order chi connectivity index (χ1) is 14.0. The fraction of sp³-hybridized carbons (Fsp3) is 0.238. The van der Waals surface area contributed by atoms with E-state index in [9.17, 15) is 9.59 Å². The number of carbonyl (C=O) groups excluding carboxylic acids is 2. The van der Waals surface area contributed by atoms with E-state index in [4.69, 9.17) is 30.5 Å². The number of benzene rings is 2. The number of ether oxygens (including phenoxy) is 5. The molecule has 0 aliphatic carbocycles. The highest BCUT2D eigenvalue weighted by molar-refractivity contribution is 6.31. The summed E-state index contributed by atoms with van der Waals surface area (Å²) in [6, 6.07) is 8.21. The van der Waals surface area contributed by atoms with Gasteiger partial charge in [-0.2, -0.15) is 0 Å². The van der Waals surface area contributed by atoms with Crippen molar-refractivity contribution in [2.75, 3.05) is 13.9 Å². The smallest absolute Gasteiger partial charge is 0.346 e. The largest absolute Gasteiger partial charge is 0.479 e. The Morgan fingerprint density at radius 2 is 2.10 bits per heavy atom. The van der Waals surface area contributed by atoms with Crippen LogP contribution in [0.3, 0.4) is 0 Å². The van der Waals surface area contributed by atoms with Crippen LogP contribution in [-0.2, 0) is 20.9 Å². The van der Waals surface area contributed by atoms with E-state index in [-0.39, 0.29) is 18.3 Å². The number of halogens is 1. The number of Topliss-reactive ketones (excluding diaryl/α,β-unsaturated/α-hetero) is 1. The minimum Gasteiger partial charge on any atom is -0.479 e. The summed E-state index contributed by atoms with van der Waals surface area (Å²) in [4.78, 5) is 24.3. The summed E-state index contributed by atoms with van der Waals surface area (Å²) in [5, 5.41) is 0.500. The van der Waals surface area contributed by atoms with Crippen LogP contribution in [-0.4, -0.2) is 31.8 Å². The SMILES string of the molecule is COC(=O)[C@H](C)Oc1ccc2c(c1)OC(=Cc1cc(Cl)cc3c1OCOC3)C2=O. The number of hydrogen-bond donors (Lipinski definition) is 0. The van der Waals surface area contributed by atoms with Gasteiger partial charge in [0.25, 0.3) is 0 Å². The van der Waals surface area contributed by atoms with E-state index in [0.29, 0.717) is 40.0 Å². The molecule has 2 heterocycles. The van der Waals surface area contributed by atoms with Crippen LogP contribution in [0.5, 0.6) is 17.2 Å². The zero-order valence-corrected chi connectivity index (χ0v) is 16.4. The molecule has 1 atom stereocenters. The van der Waals surface area contributed by atoms with Crippen molar-refractivity contribution in [2.45, 2.75) is 19.6 Å². The molecule has 0 N–H and O–H groups in total. The molecule has 2 aliphatic heterocycles. The van der Waals surface area contributed by atoms with Gasteiger partial charge in [0.1, 0.15) is 17.2 Å². The van der Waals surface area contributed by atoms with Gasteiger partial charge in [0.05, 0.1) is 19.3 Å². The van der Waals surface area contributed by atoms with E-state index in [1.807, 2.05) is 0 Å². The fourth-order valence-corrected chi connectivity index (χ4v) is 3.37. The molecule has 0 amide bonds. The number of allylic oxidation sites excluding steroid dienone is 1. The third-order valence-corrected chi connectivity index (χ3v) is 4.70. The van der Waals surface area contributed by atoms with Crippen LogP contribution in [0.2, 0.25) is 5.02 Å². The van der Waals surface area contributed by atoms with Crippen molar-refractivity contribution in [3.05, 3.63) is 57.8 Å². The standard InChI is InChI=1S/C21H17ClO7/c1-11(21(24)25-2)28-15-3-4-16-17(8-15)29-18(19(16)23)7-12-5-14(22)6-13-9-26-10-27-20(12)13/h3-8,11H,9-10H2,1-2H3/t11-/m0/s1. The lowest BCUT2D eigenvalue weighted by Crippen LogP contribution is -2.24. The molecule has 2 aromatic carbocycles. The van der Waals surface area contributed by atoms with Crippen molar-refractivity contribution < 1.29 is 33.3 Å². The number of fused-ring (bicyclic) bond motifs is 2. The first kappa shape index (κ1) is 19.3. The van der Waals surface area contributed by atoms with Crippen molar-refractivity contribution in [1.82, 2.24) is 0 Å². The number of rotatable bonds is 4. The quantitative estimate of drug-likeness (QED) is 0.554. The Morgan fingerprint density at radius 3 is 2.90 bits per heavy atom. The molecular formula is C21H17ClO7. The Morgan fingerprint density at radius 1 is 1.28 bits per heavy atom. The lowest BCUT2D eigenvalue weighted by atomic mass is 10.1.